The van der Waals surface area contributed by atoms with Crippen molar-refractivity contribution >= 4 is 11.8 Å². The van der Waals surface area contributed by atoms with E-state index in [1.54, 1.807) is 11.8 Å². The summed E-state index contributed by atoms with van der Waals surface area (Å²) in [6.45, 7) is 4.87. The van der Waals surface area contributed by atoms with E-state index in [2.05, 4.69) is 42.2 Å². The fraction of sp³-hybridized carbons (Fsp3) is 0.385. The summed E-state index contributed by atoms with van der Waals surface area (Å²) < 4.78 is 2.02. The molecule has 4 nitrogen and oxygen atoms in total. The van der Waals surface area contributed by atoms with Crippen LogP contribution in [-0.4, -0.2) is 27.1 Å². The number of hydrogen-bond acceptors (Lipinski definition) is 4. The van der Waals surface area contributed by atoms with Crippen LogP contribution in [0.2, 0.25) is 0 Å². The second-order valence-electron chi connectivity index (χ2n) is 4.30. The molecule has 5 heteroatoms. The van der Waals surface area contributed by atoms with Crippen molar-refractivity contribution in [3.05, 3.63) is 29.3 Å². The van der Waals surface area contributed by atoms with Crippen molar-refractivity contribution in [1.29, 1.82) is 0 Å². The van der Waals surface area contributed by atoms with Crippen LogP contribution < -0.4 is 5.73 Å². The topological polar surface area (TPSA) is 56.7 Å². The van der Waals surface area contributed by atoms with Crippen LogP contribution in [0.1, 0.15) is 11.1 Å². The SMILES string of the molecule is Cc1ccc(-c2nnc(SCCN)n2C)cc1C. The minimum atomic E-state index is 0.649. The van der Waals surface area contributed by atoms with Gasteiger partial charge >= 0.3 is 0 Å². The van der Waals surface area contributed by atoms with Crippen molar-refractivity contribution in [3.63, 3.8) is 0 Å². The van der Waals surface area contributed by atoms with E-state index in [0.717, 1.165) is 22.3 Å². The Balaban J connectivity index is 2.33. The van der Waals surface area contributed by atoms with Crippen LogP contribution in [0, 0.1) is 13.8 Å². The van der Waals surface area contributed by atoms with Crippen molar-refractivity contribution in [2.24, 2.45) is 12.8 Å². The van der Waals surface area contributed by atoms with E-state index in [-0.39, 0.29) is 0 Å². The molecular weight excluding hydrogens is 244 g/mol. The van der Waals surface area contributed by atoms with Gasteiger partial charge in [-0.05, 0) is 31.0 Å². The summed E-state index contributed by atoms with van der Waals surface area (Å²) in [6.07, 6.45) is 0. The molecule has 2 N–H and O–H groups in total. The largest absolute Gasteiger partial charge is 0.330 e. The number of nitrogens with zero attached hydrogens (tertiary/aromatic N) is 3. The Morgan fingerprint density at radius 3 is 2.67 bits per heavy atom. The lowest BCUT2D eigenvalue weighted by molar-refractivity contribution is 0.793. The lowest BCUT2D eigenvalue weighted by Crippen LogP contribution is -2.03. The Morgan fingerprint density at radius 2 is 2.00 bits per heavy atom. The molecule has 0 aliphatic carbocycles. The molecule has 0 fully saturated rings. The van der Waals surface area contributed by atoms with Gasteiger partial charge in [-0.25, -0.2) is 0 Å². The van der Waals surface area contributed by atoms with E-state index in [1.165, 1.54) is 11.1 Å². The van der Waals surface area contributed by atoms with Gasteiger partial charge in [-0.2, -0.15) is 0 Å². The number of benzene rings is 1. The van der Waals surface area contributed by atoms with Crippen LogP contribution in [0.25, 0.3) is 11.4 Å². The minimum absolute atomic E-state index is 0.649. The zero-order valence-corrected chi connectivity index (χ0v) is 11.8. The molecule has 2 rings (SSSR count). The van der Waals surface area contributed by atoms with E-state index in [0.29, 0.717) is 6.54 Å². The predicted octanol–water partition coefficient (Wildman–Crippen LogP) is 2.15. The highest BCUT2D eigenvalue weighted by Crippen LogP contribution is 2.23. The fourth-order valence-corrected chi connectivity index (χ4v) is 2.40. The molecule has 0 amide bonds. The maximum absolute atomic E-state index is 5.50. The van der Waals surface area contributed by atoms with E-state index in [9.17, 15) is 0 Å². The molecule has 0 aliphatic heterocycles. The van der Waals surface area contributed by atoms with Crippen LogP contribution in [0.15, 0.2) is 23.4 Å². The predicted molar refractivity (Wildman–Crippen MR) is 75.7 cm³/mol. The van der Waals surface area contributed by atoms with Gasteiger partial charge in [-0.1, -0.05) is 23.9 Å². The molecule has 2 aromatic rings. The molecule has 18 heavy (non-hydrogen) atoms. The third-order valence-electron chi connectivity index (χ3n) is 2.95. The van der Waals surface area contributed by atoms with E-state index in [4.69, 9.17) is 5.73 Å². The summed E-state index contributed by atoms with van der Waals surface area (Å²) >= 11 is 1.63. The fourth-order valence-electron chi connectivity index (χ4n) is 1.72. The van der Waals surface area contributed by atoms with Gasteiger partial charge in [0, 0.05) is 24.9 Å². The highest BCUT2D eigenvalue weighted by Gasteiger charge is 2.11. The molecule has 0 spiro atoms. The summed E-state index contributed by atoms with van der Waals surface area (Å²) in [6, 6.07) is 6.35. The number of aryl methyl sites for hydroxylation is 2. The van der Waals surface area contributed by atoms with Crippen molar-refractivity contribution in [1.82, 2.24) is 14.8 Å². The van der Waals surface area contributed by atoms with Crippen LogP contribution in [0.4, 0.5) is 0 Å². The second kappa shape index (κ2) is 5.54. The third kappa shape index (κ3) is 2.57. The van der Waals surface area contributed by atoms with Gasteiger partial charge in [-0.3, -0.25) is 0 Å². The lowest BCUT2D eigenvalue weighted by Gasteiger charge is -2.05. The average Bonchev–Trinajstić information content (AvgIpc) is 2.72. The van der Waals surface area contributed by atoms with E-state index in [1.807, 2.05) is 11.6 Å². The van der Waals surface area contributed by atoms with Gasteiger partial charge in [0.2, 0.25) is 0 Å². The van der Waals surface area contributed by atoms with Crippen molar-refractivity contribution in [3.8, 4) is 11.4 Å². The first kappa shape index (κ1) is 13.1. The number of hydrogen-bond donors (Lipinski definition) is 1. The second-order valence-corrected chi connectivity index (χ2v) is 5.36. The average molecular weight is 262 g/mol. The molecule has 0 radical (unpaired) electrons. The van der Waals surface area contributed by atoms with Gasteiger partial charge in [0.25, 0.3) is 0 Å². The first-order valence-electron chi connectivity index (χ1n) is 5.93. The van der Waals surface area contributed by atoms with Crippen LogP contribution in [-0.2, 0) is 7.05 Å². The molecule has 96 valence electrons. The third-order valence-corrected chi connectivity index (χ3v) is 4.00. The summed E-state index contributed by atoms with van der Waals surface area (Å²) in [5.74, 6) is 1.76. The minimum Gasteiger partial charge on any atom is -0.330 e. The zero-order chi connectivity index (χ0) is 13.1. The van der Waals surface area contributed by atoms with Gasteiger partial charge in [0.05, 0.1) is 0 Å². The molecule has 1 heterocycles. The summed E-state index contributed by atoms with van der Waals surface area (Å²) in [5, 5.41) is 9.37. The molecule has 0 aliphatic rings. The Labute approximate surface area is 112 Å². The standard InChI is InChI=1S/C13H18N4S/c1-9-4-5-11(8-10(9)2)12-15-16-13(17(12)3)18-7-6-14/h4-5,8H,6-7,14H2,1-3H3. The summed E-state index contributed by atoms with van der Waals surface area (Å²) in [4.78, 5) is 0. The summed E-state index contributed by atoms with van der Waals surface area (Å²) in [5.41, 5.74) is 9.17. The Kier molecular flexibility index (Phi) is 4.04. The molecule has 1 aromatic heterocycles. The van der Waals surface area contributed by atoms with E-state index < -0.39 is 0 Å². The first-order chi connectivity index (χ1) is 8.63. The monoisotopic (exact) mass is 262 g/mol. The normalized spacial score (nSPS) is 10.9. The number of aromatic nitrogens is 3. The van der Waals surface area contributed by atoms with Gasteiger partial charge in [-0.15, -0.1) is 10.2 Å². The Morgan fingerprint density at radius 1 is 1.22 bits per heavy atom. The van der Waals surface area contributed by atoms with Gasteiger partial charge in [0.1, 0.15) is 0 Å². The number of rotatable bonds is 4. The molecule has 0 saturated heterocycles. The first-order valence-corrected chi connectivity index (χ1v) is 6.92. The van der Waals surface area contributed by atoms with Gasteiger partial charge in [0.15, 0.2) is 11.0 Å². The Hall–Kier alpha value is -1.33. The smallest absolute Gasteiger partial charge is 0.191 e. The maximum Gasteiger partial charge on any atom is 0.191 e. The molecule has 0 saturated carbocycles. The summed E-state index contributed by atoms with van der Waals surface area (Å²) in [7, 11) is 1.99. The van der Waals surface area contributed by atoms with Crippen molar-refractivity contribution < 1.29 is 0 Å². The number of thioether (sulfide) groups is 1. The lowest BCUT2D eigenvalue weighted by atomic mass is 10.1. The van der Waals surface area contributed by atoms with E-state index >= 15 is 0 Å². The number of nitrogens with two attached hydrogens (primary N) is 1. The highest BCUT2D eigenvalue weighted by atomic mass is 32.2. The molecule has 0 bridgehead atoms. The van der Waals surface area contributed by atoms with Gasteiger partial charge < -0.3 is 10.3 Å². The van der Waals surface area contributed by atoms with Crippen LogP contribution >= 0.6 is 11.8 Å². The molecule has 1 aromatic carbocycles. The molecule has 0 atom stereocenters. The quantitative estimate of drug-likeness (QED) is 0.858. The van der Waals surface area contributed by atoms with Crippen molar-refractivity contribution in [2.75, 3.05) is 12.3 Å². The van der Waals surface area contributed by atoms with Crippen molar-refractivity contribution in [2.45, 2.75) is 19.0 Å². The van der Waals surface area contributed by atoms with Crippen LogP contribution in [0.5, 0.6) is 0 Å². The molecular formula is C13H18N4S. The highest BCUT2D eigenvalue weighted by molar-refractivity contribution is 7.99. The zero-order valence-electron chi connectivity index (χ0n) is 11.0. The Bertz CT molecular complexity index is 548. The maximum atomic E-state index is 5.50. The molecule has 0 unspecified atom stereocenters. The van der Waals surface area contributed by atoms with Crippen LogP contribution in [0.3, 0.4) is 0 Å².